The largest absolute Gasteiger partial charge is 0.356 e. The van der Waals surface area contributed by atoms with Crippen molar-refractivity contribution in [3.63, 3.8) is 0 Å². The van der Waals surface area contributed by atoms with Crippen molar-refractivity contribution in [2.24, 2.45) is 5.73 Å². The van der Waals surface area contributed by atoms with Crippen molar-refractivity contribution in [3.8, 4) is 0 Å². The minimum Gasteiger partial charge on any atom is -0.356 e. The standard InChI is InChI=1S/C9H14N4O/c10-6-7-11-8(5-9(14)12-7)13-3-1-2-4-13/h5H,1-4,6,10H2,(H,11,12,14). The lowest BCUT2D eigenvalue weighted by Crippen LogP contribution is -2.23. The van der Waals surface area contributed by atoms with E-state index in [-0.39, 0.29) is 12.1 Å². The van der Waals surface area contributed by atoms with Gasteiger partial charge in [-0.25, -0.2) is 4.98 Å². The summed E-state index contributed by atoms with van der Waals surface area (Å²) in [6.07, 6.45) is 2.35. The molecule has 76 valence electrons. The monoisotopic (exact) mass is 194 g/mol. The zero-order chi connectivity index (χ0) is 9.97. The third-order valence-corrected chi connectivity index (χ3v) is 2.40. The van der Waals surface area contributed by atoms with Crippen LogP contribution in [-0.4, -0.2) is 23.1 Å². The highest BCUT2D eigenvalue weighted by Gasteiger charge is 2.14. The Morgan fingerprint density at radius 2 is 2.21 bits per heavy atom. The van der Waals surface area contributed by atoms with Crippen molar-refractivity contribution in [1.29, 1.82) is 0 Å². The number of nitrogens with one attached hydrogen (secondary N) is 1. The number of nitrogens with two attached hydrogens (primary N) is 1. The van der Waals surface area contributed by atoms with Crippen LogP contribution < -0.4 is 16.2 Å². The molecule has 0 unspecified atom stereocenters. The summed E-state index contributed by atoms with van der Waals surface area (Å²) >= 11 is 0. The van der Waals surface area contributed by atoms with Gasteiger partial charge in [0.2, 0.25) is 0 Å². The van der Waals surface area contributed by atoms with Gasteiger partial charge in [0.05, 0.1) is 6.54 Å². The van der Waals surface area contributed by atoms with E-state index >= 15 is 0 Å². The van der Waals surface area contributed by atoms with Crippen LogP contribution in [0.15, 0.2) is 10.9 Å². The van der Waals surface area contributed by atoms with Gasteiger partial charge >= 0.3 is 0 Å². The summed E-state index contributed by atoms with van der Waals surface area (Å²) in [4.78, 5) is 20.3. The van der Waals surface area contributed by atoms with Gasteiger partial charge in [-0.2, -0.15) is 0 Å². The van der Waals surface area contributed by atoms with E-state index in [0.717, 1.165) is 18.9 Å². The molecular weight excluding hydrogens is 180 g/mol. The van der Waals surface area contributed by atoms with Crippen molar-refractivity contribution in [3.05, 3.63) is 22.2 Å². The molecule has 0 aromatic carbocycles. The van der Waals surface area contributed by atoms with E-state index in [2.05, 4.69) is 14.9 Å². The van der Waals surface area contributed by atoms with Crippen molar-refractivity contribution >= 4 is 5.82 Å². The van der Waals surface area contributed by atoms with E-state index in [1.54, 1.807) is 0 Å². The maximum atomic E-state index is 11.2. The topological polar surface area (TPSA) is 75.0 Å². The Kier molecular flexibility index (Phi) is 2.49. The van der Waals surface area contributed by atoms with Crippen LogP contribution in [0.2, 0.25) is 0 Å². The minimum absolute atomic E-state index is 0.123. The van der Waals surface area contributed by atoms with Crippen LogP contribution in [-0.2, 0) is 6.54 Å². The first kappa shape index (κ1) is 9.21. The van der Waals surface area contributed by atoms with E-state index in [1.807, 2.05) is 0 Å². The molecule has 5 nitrogen and oxygen atoms in total. The maximum absolute atomic E-state index is 11.2. The molecule has 14 heavy (non-hydrogen) atoms. The van der Waals surface area contributed by atoms with Gasteiger partial charge in [-0.3, -0.25) is 4.79 Å². The first-order valence-corrected chi connectivity index (χ1v) is 4.85. The highest BCUT2D eigenvalue weighted by Crippen LogP contribution is 2.15. The second kappa shape index (κ2) is 3.79. The van der Waals surface area contributed by atoms with Gasteiger partial charge in [0.15, 0.2) is 0 Å². The Morgan fingerprint density at radius 1 is 1.50 bits per heavy atom. The lowest BCUT2D eigenvalue weighted by Gasteiger charge is -2.15. The number of H-pyrrole nitrogens is 1. The molecule has 0 radical (unpaired) electrons. The molecule has 1 fully saturated rings. The number of rotatable bonds is 2. The Balaban J connectivity index is 2.32. The molecule has 1 aliphatic heterocycles. The minimum atomic E-state index is -0.123. The molecule has 0 aliphatic carbocycles. The van der Waals surface area contributed by atoms with Gasteiger partial charge in [-0.1, -0.05) is 0 Å². The fourth-order valence-corrected chi connectivity index (χ4v) is 1.70. The predicted molar refractivity (Wildman–Crippen MR) is 54.2 cm³/mol. The molecule has 2 rings (SSSR count). The lowest BCUT2D eigenvalue weighted by molar-refractivity contribution is 0.853. The molecule has 5 heteroatoms. The summed E-state index contributed by atoms with van der Waals surface area (Å²) in [6, 6.07) is 1.53. The number of anilines is 1. The van der Waals surface area contributed by atoms with Crippen LogP contribution in [0.3, 0.4) is 0 Å². The molecule has 0 atom stereocenters. The fourth-order valence-electron chi connectivity index (χ4n) is 1.70. The van der Waals surface area contributed by atoms with Crippen LogP contribution >= 0.6 is 0 Å². The van der Waals surface area contributed by atoms with Crippen LogP contribution in [0.5, 0.6) is 0 Å². The molecule has 0 bridgehead atoms. The van der Waals surface area contributed by atoms with Gasteiger partial charge in [0, 0.05) is 19.2 Å². The van der Waals surface area contributed by atoms with Crippen molar-refractivity contribution in [2.75, 3.05) is 18.0 Å². The molecule has 0 saturated carbocycles. The summed E-state index contributed by atoms with van der Waals surface area (Å²) in [6.45, 7) is 2.25. The van der Waals surface area contributed by atoms with Crippen molar-refractivity contribution < 1.29 is 0 Å². The number of hydrogen-bond donors (Lipinski definition) is 2. The van der Waals surface area contributed by atoms with Gasteiger partial charge in [0.1, 0.15) is 11.6 Å². The highest BCUT2D eigenvalue weighted by atomic mass is 16.1. The quantitative estimate of drug-likeness (QED) is 0.685. The zero-order valence-corrected chi connectivity index (χ0v) is 7.99. The lowest BCUT2D eigenvalue weighted by atomic mass is 10.4. The first-order valence-electron chi connectivity index (χ1n) is 4.85. The fraction of sp³-hybridized carbons (Fsp3) is 0.556. The molecule has 1 aromatic rings. The summed E-state index contributed by atoms with van der Waals surface area (Å²) in [5.74, 6) is 1.31. The molecule has 1 aromatic heterocycles. The van der Waals surface area contributed by atoms with Crippen molar-refractivity contribution in [2.45, 2.75) is 19.4 Å². The summed E-state index contributed by atoms with van der Waals surface area (Å²) < 4.78 is 0. The second-order valence-corrected chi connectivity index (χ2v) is 3.45. The Hall–Kier alpha value is -1.36. The molecular formula is C9H14N4O. The van der Waals surface area contributed by atoms with E-state index < -0.39 is 0 Å². The van der Waals surface area contributed by atoms with Gasteiger partial charge in [0.25, 0.3) is 5.56 Å². The molecule has 0 spiro atoms. The normalized spacial score (nSPS) is 16.2. The summed E-state index contributed by atoms with van der Waals surface area (Å²) in [5.41, 5.74) is 5.31. The Labute approximate surface area is 82.0 Å². The van der Waals surface area contributed by atoms with E-state index in [0.29, 0.717) is 5.82 Å². The number of aromatic amines is 1. The predicted octanol–water partition coefficient (Wildman–Crippen LogP) is -0.171. The summed E-state index contributed by atoms with van der Waals surface area (Å²) in [7, 11) is 0. The zero-order valence-electron chi connectivity index (χ0n) is 7.99. The van der Waals surface area contributed by atoms with Crippen LogP contribution in [0, 0.1) is 0 Å². The summed E-state index contributed by atoms with van der Waals surface area (Å²) in [5, 5.41) is 0. The SMILES string of the molecule is NCc1nc(N2CCCC2)cc(=O)[nH]1. The van der Waals surface area contributed by atoms with Crippen LogP contribution in [0.1, 0.15) is 18.7 Å². The van der Waals surface area contributed by atoms with Crippen LogP contribution in [0.4, 0.5) is 5.82 Å². The number of aromatic nitrogens is 2. The third kappa shape index (κ3) is 1.77. The highest BCUT2D eigenvalue weighted by molar-refractivity contribution is 5.38. The smallest absolute Gasteiger partial charge is 0.253 e. The van der Waals surface area contributed by atoms with Crippen LogP contribution in [0.25, 0.3) is 0 Å². The first-order chi connectivity index (χ1) is 6.79. The molecule has 1 saturated heterocycles. The number of hydrogen-bond acceptors (Lipinski definition) is 4. The Morgan fingerprint density at radius 3 is 2.86 bits per heavy atom. The van der Waals surface area contributed by atoms with E-state index in [9.17, 15) is 4.79 Å². The average molecular weight is 194 g/mol. The van der Waals surface area contributed by atoms with E-state index in [1.165, 1.54) is 18.9 Å². The third-order valence-electron chi connectivity index (χ3n) is 2.40. The van der Waals surface area contributed by atoms with Gasteiger partial charge < -0.3 is 15.6 Å². The second-order valence-electron chi connectivity index (χ2n) is 3.45. The molecule has 0 amide bonds. The molecule has 2 heterocycles. The van der Waals surface area contributed by atoms with E-state index in [4.69, 9.17) is 5.73 Å². The Bertz CT molecular complexity index is 367. The van der Waals surface area contributed by atoms with Gasteiger partial charge in [-0.05, 0) is 12.8 Å². The van der Waals surface area contributed by atoms with Gasteiger partial charge in [-0.15, -0.1) is 0 Å². The van der Waals surface area contributed by atoms with Crippen molar-refractivity contribution in [1.82, 2.24) is 9.97 Å². The number of nitrogens with zero attached hydrogens (tertiary/aromatic N) is 2. The maximum Gasteiger partial charge on any atom is 0.253 e. The molecule has 3 N–H and O–H groups in total. The average Bonchev–Trinajstić information content (AvgIpc) is 2.69. The molecule has 1 aliphatic rings.